The van der Waals surface area contributed by atoms with Crippen LogP contribution >= 0.6 is 0 Å². The van der Waals surface area contributed by atoms with Gasteiger partial charge in [-0.15, -0.1) is 13.2 Å². The molecule has 0 heterocycles. The van der Waals surface area contributed by atoms with Crippen molar-refractivity contribution in [1.82, 2.24) is 0 Å². The first kappa shape index (κ1) is 23.5. The lowest BCUT2D eigenvalue weighted by Crippen LogP contribution is -2.18. The number of aryl methyl sites for hydroxylation is 1. The molecule has 0 saturated heterocycles. The van der Waals surface area contributed by atoms with E-state index < -0.39 is 16.4 Å². The van der Waals surface area contributed by atoms with Crippen LogP contribution in [0.15, 0.2) is 42.5 Å². The van der Waals surface area contributed by atoms with Crippen molar-refractivity contribution in [3.8, 4) is 5.75 Å². The summed E-state index contributed by atoms with van der Waals surface area (Å²) in [6.07, 6.45) is -3.85. The normalized spacial score (nSPS) is 11.8. The minimum Gasteiger partial charge on any atom is -0.406 e. The zero-order valence-electron chi connectivity index (χ0n) is 16.5. The van der Waals surface area contributed by atoms with Crippen molar-refractivity contribution < 1.29 is 31.1 Å². The van der Waals surface area contributed by atoms with Crippen LogP contribution in [0.2, 0.25) is 0 Å². The first-order valence-electron chi connectivity index (χ1n) is 9.24. The highest BCUT2D eigenvalue weighted by Crippen LogP contribution is 2.25. The predicted molar refractivity (Wildman–Crippen MR) is 109 cm³/mol. The summed E-state index contributed by atoms with van der Waals surface area (Å²) < 4.78 is 66.8. The quantitative estimate of drug-likeness (QED) is 0.591. The van der Waals surface area contributed by atoms with Gasteiger partial charge in [0, 0.05) is 12.1 Å². The maximum Gasteiger partial charge on any atom is 0.573 e. The van der Waals surface area contributed by atoms with Crippen molar-refractivity contribution in [2.45, 2.75) is 39.5 Å². The highest BCUT2D eigenvalue weighted by Gasteiger charge is 2.30. The Morgan fingerprint density at radius 3 is 2.30 bits per heavy atom. The van der Waals surface area contributed by atoms with Crippen LogP contribution in [0.5, 0.6) is 5.75 Å². The second-order valence-corrected chi connectivity index (χ2v) is 8.48. The second-order valence-electron chi connectivity index (χ2n) is 6.64. The number of nitrogens with one attached hydrogen (secondary N) is 2. The first-order valence-corrected chi connectivity index (χ1v) is 10.9. The fourth-order valence-electron chi connectivity index (χ4n) is 2.70. The van der Waals surface area contributed by atoms with E-state index in [1.807, 2.05) is 0 Å². The Balaban J connectivity index is 1.96. The number of amides is 1. The predicted octanol–water partition coefficient (Wildman–Crippen LogP) is 4.62. The van der Waals surface area contributed by atoms with Gasteiger partial charge >= 0.3 is 6.36 Å². The molecule has 0 aliphatic rings. The average molecular weight is 444 g/mol. The minimum absolute atomic E-state index is 0.00414. The van der Waals surface area contributed by atoms with Crippen LogP contribution in [0.25, 0.3) is 0 Å². The fourth-order valence-corrected chi connectivity index (χ4v) is 3.89. The van der Waals surface area contributed by atoms with Gasteiger partial charge in [-0.1, -0.05) is 25.1 Å². The zero-order chi connectivity index (χ0) is 22.4. The highest BCUT2D eigenvalue weighted by atomic mass is 32.2. The summed E-state index contributed by atoms with van der Waals surface area (Å²) in [7, 11) is -3.46. The van der Waals surface area contributed by atoms with Crippen LogP contribution in [-0.2, 0) is 21.2 Å². The van der Waals surface area contributed by atoms with Crippen molar-refractivity contribution in [2.75, 3.05) is 15.8 Å². The maximum atomic E-state index is 12.3. The van der Waals surface area contributed by atoms with E-state index in [9.17, 15) is 26.4 Å². The summed E-state index contributed by atoms with van der Waals surface area (Å²) >= 11 is 0. The van der Waals surface area contributed by atoms with Gasteiger partial charge < -0.3 is 10.1 Å². The van der Waals surface area contributed by atoms with Crippen molar-refractivity contribution in [3.63, 3.8) is 0 Å². The van der Waals surface area contributed by atoms with Crippen molar-refractivity contribution in [2.24, 2.45) is 0 Å². The maximum absolute atomic E-state index is 12.3. The smallest absolute Gasteiger partial charge is 0.406 e. The standard InChI is InChI=1S/C20H23F3N2O4S/c1-3-13-30(27,28)25-18-6-4-5-17(14(18)2)24-19(26)12-9-15-7-10-16(11-8-15)29-20(21,22)23/h4-8,10-11,25H,3,9,12-13H2,1-2H3,(H,24,26). The van der Waals surface area contributed by atoms with Crippen LogP contribution in [0.3, 0.4) is 0 Å². The molecule has 0 saturated carbocycles. The number of ether oxygens (including phenoxy) is 1. The molecular weight excluding hydrogens is 421 g/mol. The molecule has 0 atom stereocenters. The number of benzene rings is 2. The van der Waals surface area contributed by atoms with Crippen LogP contribution in [0, 0.1) is 6.92 Å². The Morgan fingerprint density at radius 2 is 1.70 bits per heavy atom. The summed E-state index contributed by atoms with van der Waals surface area (Å²) in [5, 5.41) is 2.73. The van der Waals surface area contributed by atoms with Gasteiger partial charge in [0.05, 0.1) is 11.4 Å². The van der Waals surface area contributed by atoms with E-state index in [1.54, 1.807) is 32.0 Å². The van der Waals surface area contributed by atoms with Gasteiger partial charge in [0.15, 0.2) is 0 Å². The molecule has 0 radical (unpaired) electrons. The molecular formula is C20H23F3N2O4S. The summed E-state index contributed by atoms with van der Waals surface area (Å²) in [5.74, 6) is -0.633. The number of anilines is 2. The van der Waals surface area contributed by atoms with E-state index in [4.69, 9.17) is 0 Å². The number of alkyl halides is 3. The lowest BCUT2D eigenvalue weighted by molar-refractivity contribution is -0.274. The Labute approximate surface area is 173 Å². The van der Waals surface area contributed by atoms with Crippen molar-refractivity contribution >= 4 is 27.3 Å². The molecule has 164 valence electrons. The number of carbonyl (C=O) groups excluding carboxylic acids is 1. The molecule has 0 spiro atoms. The SMILES string of the molecule is CCCS(=O)(=O)Nc1cccc(NC(=O)CCc2ccc(OC(F)(F)F)cc2)c1C. The van der Waals surface area contributed by atoms with Crippen LogP contribution in [-0.4, -0.2) is 26.4 Å². The second kappa shape index (κ2) is 9.84. The minimum atomic E-state index is -4.75. The molecule has 30 heavy (non-hydrogen) atoms. The number of halogens is 3. The summed E-state index contributed by atoms with van der Waals surface area (Å²) in [6.45, 7) is 3.46. The molecule has 2 N–H and O–H groups in total. The topological polar surface area (TPSA) is 84.5 Å². The third-order valence-corrected chi connectivity index (χ3v) is 5.62. The number of hydrogen-bond donors (Lipinski definition) is 2. The van der Waals surface area contributed by atoms with Crippen molar-refractivity contribution in [3.05, 3.63) is 53.6 Å². The molecule has 0 aromatic heterocycles. The van der Waals surface area contributed by atoms with E-state index in [1.165, 1.54) is 24.3 Å². The molecule has 0 fully saturated rings. The molecule has 1 amide bonds. The van der Waals surface area contributed by atoms with Gasteiger partial charge in [-0.25, -0.2) is 8.42 Å². The van der Waals surface area contributed by atoms with Crippen LogP contribution in [0.4, 0.5) is 24.5 Å². The van der Waals surface area contributed by atoms with E-state index >= 15 is 0 Å². The lowest BCUT2D eigenvalue weighted by Gasteiger charge is -2.14. The van der Waals surface area contributed by atoms with E-state index in [-0.39, 0.29) is 23.8 Å². The van der Waals surface area contributed by atoms with Gasteiger partial charge in [0.25, 0.3) is 0 Å². The molecule has 2 rings (SSSR count). The van der Waals surface area contributed by atoms with Gasteiger partial charge in [0.2, 0.25) is 15.9 Å². The Hall–Kier alpha value is -2.75. The van der Waals surface area contributed by atoms with Gasteiger partial charge in [-0.05, 0) is 55.2 Å². The van der Waals surface area contributed by atoms with Gasteiger partial charge in [-0.3, -0.25) is 9.52 Å². The number of sulfonamides is 1. The third-order valence-electron chi connectivity index (χ3n) is 4.14. The number of carbonyl (C=O) groups is 1. The third kappa shape index (κ3) is 7.58. The summed E-state index contributed by atoms with van der Waals surface area (Å²) in [6, 6.07) is 10.2. The highest BCUT2D eigenvalue weighted by molar-refractivity contribution is 7.92. The molecule has 10 heteroatoms. The molecule has 0 unspecified atom stereocenters. The first-order chi connectivity index (χ1) is 14.0. The average Bonchev–Trinajstić information content (AvgIpc) is 2.63. The van der Waals surface area contributed by atoms with Crippen LogP contribution in [0.1, 0.15) is 30.9 Å². The van der Waals surface area contributed by atoms with Gasteiger partial charge in [0.1, 0.15) is 5.75 Å². The largest absolute Gasteiger partial charge is 0.573 e. The number of rotatable bonds is 9. The molecule has 2 aromatic rings. The summed E-state index contributed by atoms with van der Waals surface area (Å²) in [5.41, 5.74) is 2.13. The lowest BCUT2D eigenvalue weighted by atomic mass is 10.1. The fraction of sp³-hybridized carbons (Fsp3) is 0.350. The molecule has 0 aliphatic heterocycles. The number of hydrogen-bond acceptors (Lipinski definition) is 4. The molecule has 6 nitrogen and oxygen atoms in total. The zero-order valence-corrected chi connectivity index (χ0v) is 17.4. The van der Waals surface area contributed by atoms with Crippen molar-refractivity contribution in [1.29, 1.82) is 0 Å². The monoisotopic (exact) mass is 444 g/mol. The Morgan fingerprint density at radius 1 is 1.07 bits per heavy atom. The molecule has 2 aromatic carbocycles. The molecule has 0 aliphatic carbocycles. The van der Waals surface area contributed by atoms with Gasteiger partial charge in [-0.2, -0.15) is 0 Å². The van der Waals surface area contributed by atoms with E-state index in [0.717, 1.165) is 0 Å². The van der Waals surface area contributed by atoms with Crippen LogP contribution < -0.4 is 14.8 Å². The van der Waals surface area contributed by atoms with E-state index in [0.29, 0.717) is 35.3 Å². The Bertz CT molecular complexity index is 975. The Kier molecular flexibility index (Phi) is 7.71. The summed E-state index contributed by atoms with van der Waals surface area (Å²) in [4.78, 5) is 12.3. The molecule has 0 bridgehead atoms. The van der Waals surface area contributed by atoms with E-state index in [2.05, 4.69) is 14.8 Å².